The number of hydrogen-bond acceptors (Lipinski definition) is 5. The molecule has 0 saturated carbocycles. The Morgan fingerprint density at radius 2 is 2.15 bits per heavy atom. The number of rotatable bonds is 4. The molecule has 0 saturated heterocycles. The maximum absolute atomic E-state index is 14.4. The Kier molecular flexibility index (Phi) is 5.27. The van der Waals surface area contributed by atoms with Crippen LogP contribution in [0.25, 0.3) is 0 Å². The summed E-state index contributed by atoms with van der Waals surface area (Å²) >= 11 is 11.8. The number of Topliss-reactive ketones (excluding diaryl/α,β-unsaturated/α-hetero) is 1. The van der Waals surface area contributed by atoms with Gasteiger partial charge in [0.15, 0.2) is 5.78 Å². The fourth-order valence-corrected chi connectivity index (χ4v) is 3.34. The van der Waals surface area contributed by atoms with Crippen LogP contribution < -0.4 is 5.73 Å². The highest BCUT2D eigenvalue weighted by atomic mass is 35.5. The molecule has 0 fully saturated rings. The summed E-state index contributed by atoms with van der Waals surface area (Å²) in [4.78, 5) is 20.8. The number of amidine groups is 1. The number of aliphatic imine (C=N–C) groups is 1. The van der Waals surface area contributed by atoms with Gasteiger partial charge in [-0.3, -0.25) is 9.79 Å². The van der Waals surface area contributed by atoms with Crippen molar-refractivity contribution < 1.29 is 13.9 Å². The van der Waals surface area contributed by atoms with Crippen molar-refractivity contribution in [2.24, 2.45) is 10.7 Å². The van der Waals surface area contributed by atoms with Crippen molar-refractivity contribution in [3.63, 3.8) is 0 Å². The van der Waals surface area contributed by atoms with Gasteiger partial charge in [0.2, 0.25) is 0 Å². The van der Waals surface area contributed by atoms with Crippen LogP contribution in [0.15, 0.2) is 35.5 Å². The third kappa shape index (κ3) is 3.87. The fourth-order valence-electron chi connectivity index (χ4n) is 2.86. The Labute approximate surface area is 160 Å². The van der Waals surface area contributed by atoms with Crippen LogP contribution in [0.5, 0.6) is 0 Å². The first-order valence-corrected chi connectivity index (χ1v) is 8.59. The summed E-state index contributed by atoms with van der Waals surface area (Å²) in [5, 5.41) is 0.520. The molecular formula is C18H16Cl2FN3O2. The van der Waals surface area contributed by atoms with E-state index < -0.39 is 11.4 Å². The van der Waals surface area contributed by atoms with Crippen LogP contribution in [0.3, 0.4) is 0 Å². The molecule has 1 aliphatic heterocycles. The van der Waals surface area contributed by atoms with Crippen molar-refractivity contribution in [2.45, 2.75) is 18.9 Å². The topological polar surface area (TPSA) is 77.6 Å². The van der Waals surface area contributed by atoms with E-state index in [-0.39, 0.29) is 36.1 Å². The molecule has 2 N–H and O–H groups in total. The first kappa shape index (κ1) is 18.8. The molecule has 0 spiro atoms. The molecule has 2 heterocycles. The Hall–Kier alpha value is -2.02. The number of ketones is 1. The van der Waals surface area contributed by atoms with E-state index in [9.17, 15) is 9.18 Å². The lowest BCUT2D eigenvalue weighted by atomic mass is 9.90. The van der Waals surface area contributed by atoms with Gasteiger partial charge in [-0.15, -0.1) is 0 Å². The second-order valence-corrected chi connectivity index (χ2v) is 7.11. The monoisotopic (exact) mass is 395 g/mol. The first-order valence-electron chi connectivity index (χ1n) is 7.83. The summed E-state index contributed by atoms with van der Waals surface area (Å²) in [6.45, 7) is 2.16. The van der Waals surface area contributed by atoms with Crippen molar-refractivity contribution in [1.82, 2.24) is 4.98 Å². The molecule has 0 unspecified atom stereocenters. The molecule has 0 radical (unpaired) electrons. The first-order chi connectivity index (χ1) is 12.3. The van der Waals surface area contributed by atoms with Crippen molar-refractivity contribution in [3.8, 4) is 0 Å². The number of nitrogens with zero attached hydrogens (tertiary/aromatic N) is 2. The van der Waals surface area contributed by atoms with E-state index in [1.807, 2.05) is 0 Å². The molecule has 0 amide bonds. The lowest BCUT2D eigenvalue weighted by molar-refractivity contribution is 0.0987. The molecule has 3 rings (SSSR count). The summed E-state index contributed by atoms with van der Waals surface area (Å²) < 4.78 is 19.8. The maximum Gasteiger partial charge on any atom is 0.187 e. The van der Waals surface area contributed by atoms with E-state index in [1.54, 1.807) is 19.1 Å². The van der Waals surface area contributed by atoms with Gasteiger partial charge >= 0.3 is 0 Å². The highest BCUT2D eigenvalue weighted by molar-refractivity contribution is 6.36. The SMILES string of the molecule is C[C@@]1(c2cc(CC(=O)c3ncc(Cl)cc3Cl)ccc2F)COCC(N)=N1. The molecule has 136 valence electrons. The molecule has 1 aliphatic rings. The Morgan fingerprint density at radius 3 is 2.85 bits per heavy atom. The van der Waals surface area contributed by atoms with E-state index in [4.69, 9.17) is 33.7 Å². The molecular weight excluding hydrogens is 380 g/mol. The van der Waals surface area contributed by atoms with Crippen LogP contribution in [0.1, 0.15) is 28.5 Å². The average Bonchev–Trinajstić information content (AvgIpc) is 2.56. The highest BCUT2D eigenvalue weighted by Crippen LogP contribution is 2.31. The maximum atomic E-state index is 14.4. The van der Waals surface area contributed by atoms with Gasteiger partial charge in [-0.25, -0.2) is 9.37 Å². The number of halogens is 3. The van der Waals surface area contributed by atoms with Gasteiger partial charge in [0.25, 0.3) is 0 Å². The summed E-state index contributed by atoms with van der Waals surface area (Å²) in [5.74, 6) is -0.428. The summed E-state index contributed by atoms with van der Waals surface area (Å²) in [6, 6.07) is 5.90. The van der Waals surface area contributed by atoms with Crippen LogP contribution in [0.4, 0.5) is 4.39 Å². The zero-order valence-corrected chi connectivity index (χ0v) is 15.4. The van der Waals surface area contributed by atoms with Gasteiger partial charge in [0, 0.05) is 18.2 Å². The smallest absolute Gasteiger partial charge is 0.187 e. The average molecular weight is 396 g/mol. The molecule has 1 atom stereocenters. The van der Waals surface area contributed by atoms with E-state index in [1.165, 1.54) is 18.3 Å². The van der Waals surface area contributed by atoms with Crippen LogP contribution >= 0.6 is 23.2 Å². The van der Waals surface area contributed by atoms with Gasteiger partial charge in [-0.05, 0) is 30.7 Å². The van der Waals surface area contributed by atoms with E-state index in [2.05, 4.69) is 9.98 Å². The quantitative estimate of drug-likeness (QED) is 0.802. The van der Waals surface area contributed by atoms with Gasteiger partial charge in [0.05, 0.1) is 16.7 Å². The number of hydrogen-bond donors (Lipinski definition) is 1. The summed E-state index contributed by atoms with van der Waals surface area (Å²) in [6.07, 6.45) is 1.37. The van der Waals surface area contributed by atoms with E-state index in [0.717, 1.165) is 0 Å². The second-order valence-electron chi connectivity index (χ2n) is 6.27. The summed E-state index contributed by atoms with van der Waals surface area (Å²) in [7, 11) is 0. The van der Waals surface area contributed by atoms with E-state index >= 15 is 0 Å². The number of ether oxygens (including phenoxy) is 1. The molecule has 1 aromatic carbocycles. The number of carbonyl (C=O) groups excluding carboxylic acids is 1. The second kappa shape index (κ2) is 7.31. The Balaban J connectivity index is 1.90. The number of carbonyl (C=O) groups is 1. The lowest BCUT2D eigenvalue weighted by Gasteiger charge is -2.30. The molecule has 0 aliphatic carbocycles. The normalized spacial score (nSPS) is 19.9. The number of nitrogens with two attached hydrogens (primary N) is 1. The fraction of sp³-hybridized carbons (Fsp3) is 0.278. The minimum absolute atomic E-state index is 0.0117. The van der Waals surface area contributed by atoms with Gasteiger partial charge in [0.1, 0.15) is 29.5 Å². The number of pyridine rings is 1. The number of benzene rings is 1. The van der Waals surface area contributed by atoms with Crippen LogP contribution in [-0.2, 0) is 16.7 Å². The molecule has 0 bridgehead atoms. The van der Waals surface area contributed by atoms with Gasteiger partial charge < -0.3 is 10.5 Å². The highest BCUT2D eigenvalue weighted by Gasteiger charge is 2.33. The standard InChI is InChI=1S/C18H16Cl2FN3O2/c1-18(9-26-8-16(22)24-18)12-4-10(2-3-14(12)21)5-15(25)17-13(20)6-11(19)7-23-17/h2-4,6-7H,5,8-9H2,1H3,(H2,22,24)/t18-/m0/s1. The molecule has 8 heteroatoms. The third-order valence-electron chi connectivity index (χ3n) is 4.07. The minimum Gasteiger partial charge on any atom is -0.386 e. The van der Waals surface area contributed by atoms with Gasteiger partial charge in [-0.2, -0.15) is 0 Å². The van der Waals surface area contributed by atoms with Crippen LogP contribution in [0.2, 0.25) is 10.0 Å². The lowest BCUT2D eigenvalue weighted by Crippen LogP contribution is -2.38. The third-order valence-corrected chi connectivity index (χ3v) is 4.57. The number of aromatic nitrogens is 1. The molecule has 1 aromatic heterocycles. The van der Waals surface area contributed by atoms with Crippen LogP contribution in [-0.4, -0.2) is 29.8 Å². The molecule has 2 aromatic rings. The predicted octanol–water partition coefficient (Wildman–Crippen LogP) is 3.56. The largest absolute Gasteiger partial charge is 0.386 e. The Morgan fingerprint density at radius 1 is 1.38 bits per heavy atom. The van der Waals surface area contributed by atoms with Crippen molar-refractivity contribution >= 4 is 34.8 Å². The Bertz CT molecular complexity index is 904. The van der Waals surface area contributed by atoms with Crippen LogP contribution in [0, 0.1) is 5.82 Å². The van der Waals surface area contributed by atoms with Crippen molar-refractivity contribution in [2.75, 3.05) is 13.2 Å². The zero-order valence-electron chi connectivity index (χ0n) is 13.9. The molecule has 5 nitrogen and oxygen atoms in total. The van der Waals surface area contributed by atoms with Crippen molar-refractivity contribution in [1.29, 1.82) is 0 Å². The minimum atomic E-state index is -0.943. The zero-order chi connectivity index (χ0) is 18.9. The van der Waals surface area contributed by atoms with Crippen molar-refractivity contribution in [3.05, 3.63) is 63.1 Å². The molecule has 26 heavy (non-hydrogen) atoms. The van der Waals surface area contributed by atoms with Gasteiger partial charge in [-0.1, -0.05) is 29.3 Å². The summed E-state index contributed by atoms with van der Waals surface area (Å²) in [5.41, 5.74) is 5.85. The van der Waals surface area contributed by atoms with E-state index in [0.29, 0.717) is 22.0 Å². The predicted molar refractivity (Wildman–Crippen MR) is 98.5 cm³/mol.